The average molecular weight is 457 g/mol. The minimum atomic E-state index is -0.484. The van der Waals surface area contributed by atoms with Crippen LogP contribution in [0.5, 0.6) is 0 Å². The Labute approximate surface area is 193 Å². The fraction of sp³-hybridized carbons (Fsp3) is 0.167. The maximum atomic E-state index is 13.1. The molecule has 0 spiro atoms. The Bertz CT molecular complexity index is 1380. The molecule has 0 bridgehead atoms. The Kier molecular flexibility index (Phi) is 5.28. The van der Waals surface area contributed by atoms with Crippen molar-refractivity contribution in [1.29, 1.82) is 5.26 Å². The molecule has 1 unspecified atom stereocenters. The van der Waals surface area contributed by atoms with E-state index in [-0.39, 0.29) is 17.2 Å². The minimum Gasteiger partial charge on any atom is -0.383 e. The number of hydrogen-bond acceptors (Lipinski definition) is 8. The second-order valence-corrected chi connectivity index (χ2v) is 8.78. The molecular formula is C24H20N6O2S. The highest BCUT2D eigenvalue weighted by Gasteiger charge is 2.40. The molecule has 164 valence electrons. The van der Waals surface area contributed by atoms with Crippen molar-refractivity contribution in [3.05, 3.63) is 91.8 Å². The molecule has 2 aromatic heterocycles. The number of aromatic amines is 1. The van der Waals surface area contributed by atoms with E-state index < -0.39 is 5.92 Å². The summed E-state index contributed by atoms with van der Waals surface area (Å²) in [5, 5.41) is 20.2. The zero-order chi connectivity index (χ0) is 22.9. The van der Waals surface area contributed by atoms with Crippen LogP contribution in [0.15, 0.2) is 81.4 Å². The van der Waals surface area contributed by atoms with Gasteiger partial charge in [-0.3, -0.25) is 15.0 Å². The Morgan fingerprint density at radius 2 is 2.00 bits per heavy atom. The number of benzene rings is 1. The zero-order valence-corrected chi connectivity index (χ0v) is 18.4. The number of nitriles is 1. The third-order valence-corrected chi connectivity index (χ3v) is 6.77. The zero-order valence-electron chi connectivity index (χ0n) is 17.5. The van der Waals surface area contributed by atoms with Crippen molar-refractivity contribution in [3.63, 3.8) is 0 Å². The molecule has 0 amide bonds. The number of Topliss-reactive ketones (excluding diaryl/α,β-unsaturated/α-hetero) is 1. The normalized spacial score (nSPS) is 18.2. The van der Waals surface area contributed by atoms with Crippen molar-refractivity contribution in [2.75, 3.05) is 5.43 Å². The predicted octanol–water partition coefficient (Wildman–Crippen LogP) is 3.63. The van der Waals surface area contributed by atoms with Gasteiger partial charge in [0, 0.05) is 34.2 Å². The monoisotopic (exact) mass is 456 g/mol. The summed E-state index contributed by atoms with van der Waals surface area (Å²) in [5.74, 6) is -0.264. The fourth-order valence-corrected chi connectivity index (χ4v) is 5.22. The molecule has 0 radical (unpaired) electrons. The molecule has 0 fully saturated rings. The van der Waals surface area contributed by atoms with Crippen LogP contribution in [0.3, 0.4) is 0 Å². The summed E-state index contributed by atoms with van der Waals surface area (Å²) in [4.78, 5) is 26.1. The second kappa shape index (κ2) is 8.41. The number of anilines is 1. The molecule has 0 saturated carbocycles. The van der Waals surface area contributed by atoms with E-state index >= 15 is 0 Å². The average Bonchev–Trinajstić information content (AvgIpc) is 3.36. The van der Waals surface area contributed by atoms with Gasteiger partial charge in [0.15, 0.2) is 5.78 Å². The molecule has 1 atom stereocenters. The van der Waals surface area contributed by atoms with Crippen molar-refractivity contribution >= 4 is 22.8 Å². The first-order valence-corrected chi connectivity index (χ1v) is 11.4. The minimum absolute atomic E-state index is 0.00835. The van der Waals surface area contributed by atoms with Gasteiger partial charge in [-0.2, -0.15) is 10.4 Å². The largest absolute Gasteiger partial charge is 0.383 e. The number of hydrogen-bond donors (Lipinski definition) is 3. The molecule has 2 aliphatic rings. The number of allylic oxidation sites excluding steroid dienone is 3. The quantitative estimate of drug-likeness (QED) is 0.547. The Morgan fingerprint density at radius 1 is 1.18 bits per heavy atom. The van der Waals surface area contributed by atoms with E-state index in [1.165, 1.54) is 17.4 Å². The number of rotatable bonds is 4. The summed E-state index contributed by atoms with van der Waals surface area (Å²) in [7, 11) is 0. The highest BCUT2D eigenvalue weighted by atomic mass is 32.1. The number of nitrogens with two attached hydrogens (primary N) is 1. The Balaban J connectivity index is 1.66. The molecule has 33 heavy (non-hydrogen) atoms. The van der Waals surface area contributed by atoms with Crippen molar-refractivity contribution in [3.8, 4) is 17.3 Å². The maximum absolute atomic E-state index is 13.1. The van der Waals surface area contributed by atoms with Crippen LogP contribution in [0.4, 0.5) is 5.69 Å². The first kappa shape index (κ1) is 20.7. The summed E-state index contributed by atoms with van der Waals surface area (Å²) in [5.41, 5.74) is 12.7. The van der Waals surface area contributed by atoms with Crippen LogP contribution in [0.25, 0.3) is 11.3 Å². The standard InChI is InChI=1S/C24H20N6O2S/c25-13-15-21(19-10-5-11-33-19)22-17(8-4-9-18(22)31)30(24(15)26)29-16-12-20(32)27-28-23(16)14-6-2-1-3-7-14/h1-3,5-7,10-12,21H,4,8-9,26H2,(H2,27,29,32). The van der Waals surface area contributed by atoms with E-state index in [9.17, 15) is 14.9 Å². The molecule has 1 aliphatic carbocycles. The number of ketones is 1. The van der Waals surface area contributed by atoms with E-state index in [4.69, 9.17) is 5.73 Å². The van der Waals surface area contributed by atoms with Crippen LogP contribution in [0, 0.1) is 11.3 Å². The molecule has 9 heteroatoms. The highest BCUT2D eigenvalue weighted by molar-refractivity contribution is 7.10. The third kappa shape index (κ3) is 3.60. The van der Waals surface area contributed by atoms with Gasteiger partial charge in [-0.15, -0.1) is 11.3 Å². The first-order chi connectivity index (χ1) is 16.1. The van der Waals surface area contributed by atoms with Gasteiger partial charge in [-0.05, 0) is 24.3 Å². The smallest absolute Gasteiger partial charge is 0.266 e. The number of nitrogens with zero attached hydrogens (tertiary/aromatic N) is 3. The van der Waals surface area contributed by atoms with Gasteiger partial charge in [-0.1, -0.05) is 36.4 Å². The topological polar surface area (TPSA) is 128 Å². The molecule has 1 aliphatic heterocycles. The lowest BCUT2D eigenvalue weighted by Gasteiger charge is -2.39. The van der Waals surface area contributed by atoms with Gasteiger partial charge in [0.25, 0.3) is 5.56 Å². The van der Waals surface area contributed by atoms with E-state index in [0.29, 0.717) is 41.8 Å². The van der Waals surface area contributed by atoms with Crippen molar-refractivity contribution in [1.82, 2.24) is 15.2 Å². The van der Waals surface area contributed by atoms with Crippen LogP contribution >= 0.6 is 11.3 Å². The van der Waals surface area contributed by atoms with E-state index in [1.807, 2.05) is 47.8 Å². The Hall–Kier alpha value is -4.16. The maximum Gasteiger partial charge on any atom is 0.266 e. The first-order valence-electron chi connectivity index (χ1n) is 10.5. The third-order valence-electron chi connectivity index (χ3n) is 5.83. The summed E-state index contributed by atoms with van der Waals surface area (Å²) in [6, 6.07) is 16.8. The highest BCUT2D eigenvalue weighted by Crippen LogP contribution is 2.46. The summed E-state index contributed by atoms with van der Waals surface area (Å²) >= 11 is 1.49. The van der Waals surface area contributed by atoms with Crippen LogP contribution in [0.1, 0.15) is 30.1 Å². The van der Waals surface area contributed by atoms with Crippen molar-refractivity contribution < 1.29 is 4.79 Å². The van der Waals surface area contributed by atoms with Crippen LogP contribution in [-0.2, 0) is 4.79 Å². The van der Waals surface area contributed by atoms with Gasteiger partial charge < -0.3 is 5.73 Å². The second-order valence-electron chi connectivity index (χ2n) is 7.80. The lowest BCUT2D eigenvalue weighted by atomic mass is 9.79. The molecule has 4 N–H and O–H groups in total. The molecule has 0 saturated heterocycles. The SMILES string of the molecule is N#CC1=C(N)N(Nc2cc(=O)[nH]nc2-c2ccccc2)C2=C(C(=O)CCC2)C1c1cccs1. The van der Waals surface area contributed by atoms with Gasteiger partial charge in [0.05, 0.1) is 23.2 Å². The van der Waals surface area contributed by atoms with Gasteiger partial charge in [-0.25, -0.2) is 10.1 Å². The summed E-state index contributed by atoms with van der Waals surface area (Å²) < 4.78 is 0. The molecule has 8 nitrogen and oxygen atoms in total. The van der Waals surface area contributed by atoms with Crippen LogP contribution in [0.2, 0.25) is 0 Å². The number of hydrazine groups is 1. The van der Waals surface area contributed by atoms with Gasteiger partial charge >= 0.3 is 0 Å². The number of nitrogens with one attached hydrogen (secondary N) is 2. The van der Waals surface area contributed by atoms with Crippen LogP contribution < -0.4 is 16.7 Å². The van der Waals surface area contributed by atoms with Crippen molar-refractivity contribution in [2.45, 2.75) is 25.2 Å². The van der Waals surface area contributed by atoms with E-state index in [1.54, 1.807) is 5.01 Å². The van der Waals surface area contributed by atoms with E-state index in [2.05, 4.69) is 21.7 Å². The summed E-state index contributed by atoms with van der Waals surface area (Å²) in [6.07, 6.45) is 1.73. The molecule has 3 heterocycles. The molecular weight excluding hydrogens is 436 g/mol. The molecule has 5 rings (SSSR count). The molecule has 3 aromatic rings. The summed E-state index contributed by atoms with van der Waals surface area (Å²) in [6.45, 7) is 0. The van der Waals surface area contributed by atoms with Crippen LogP contribution in [-0.4, -0.2) is 21.0 Å². The number of aromatic nitrogens is 2. The number of carbonyl (C=O) groups excluding carboxylic acids is 1. The lowest BCUT2D eigenvalue weighted by molar-refractivity contribution is -0.116. The number of H-pyrrole nitrogens is 1. The van der Waals surface area contributed by atoms with Crippen molar-refractivity contribution in [2.24, 2.45) is 5.73 Å². The predicted molar refractivity (Wildman–Crippen MR) is 126 cm³/mol. The lowest BCUT2D eigenvalue weighted by Crippen LogP contribution is -2.41. The number of carbonyl (C=O) groups is 1. The number of thiophene rings is 1. The molecule has 1 aromatic carbocycles. The Morgan fingerprint density at radius 3 is 2.73 bits per heavy atom. The van der Waals surface area contributed by atoms with E-state index in [0.717, 1.165) is 16.1 Å². The van der Waals surface area contributed by atoms with Gasteiger partial charge in [0.2, 0.25) is 0 Å². The van der Waals surface area contributed by atoms with Gasteiger partial charge in [0.1, 0.15) is 11.5 Å². The fourth-order valence-electron chi connectivity index (χ4n) is 4.38.